The highest BCUT2D eigenvalue weighted by Crippen LogP contribution is 2.36. The molecule has 0 aromatic heterocycles. The molecule has 0 radical (unpaired) electrons. The lowest BCUT2D eigenvalue weighted by Gasteiger charge is -2.16. The number of benzene rings is 2. The van der Waals surface area contributed by atoms with E-state index >= 15 is 0 Å². The monoisotopic (exact) mass is 487 g/mol. The largest absolute Gasteiger partial charge is 0.454 e. The van der Waals surface area contributed by atoms with Gasteiger partial charge in [0.2, 0.25) is 16.8 Å². The zero-order chi connectivity index (χ0) is 20.3. The number of nitrogens with zero attached hydrogens (tertiary/aromatic N) is 2. The van der Waals surface area contributed by atoms with Crippen LogP contribution in [0.15, 0.2) is 50.9 Å². The van der Waals surface area contributed by atoms with Crippen LogP contribution >= 0.6 is 27.5 Å². The van der Waals surface area contributed by atoms with E-state index in [1.165, 1.54) is 37.5 Å². The number of hydrogen-bond donors (Lipinski definition) is 1. The minimum Gasteiger partial charge on any atom is -0.454 e. The van der Waals surface area contributed by atoms with E-state index in [0.29, 0.717) is 26.6 Å². The average molecular weight is 489 g/mol. The summed E-state index contributed by atoms with van der Waals surface area (Å²) in [6.07, 6.45) is 1.41. The number of sulfonamides is 1. The van der Waals surface area contributed by atoms with Gasteiger partial charge in [-0.1, -0.05) is 11.6 Å². The molecule has 0 saturated heterocycles. The van der Waals surface area contributed by atoms with Gasteiger partial charge in [0.05, 0.1) is 17.7 Å². The van der Waals surface area contributed by atoms with Crippen molar-refractivity contribution in [2.24, 2.45) is 5.10 Å². The highest BCUT2D eigenvalue weighted by Gasteiger charge is 2.22. The van der Waals surface area contributed by atoms with E-state index in [9.17, 15) is 13.2 Å². The molecule has 2 aromatic carbocycles. The number of nitrogens with one attached hydrogen (secondary N) is 1. The Labute approximate surface area is 175 Å². The fourth-order valence-corrected chi connectivity index (χ4v) is 3.99. The van der Waals surface area contributed by atoms with Crippen LogP contribution in [0.4, 0.5) is 0 Å². The molecule has 2 aromatic rings. The first-order valence-electron chi connectivity index (χ1n) is 7.90. The van der Waals surface area contributed by atoms with E-state index in [0.717, 1.165) is 4.31 Å². The van der Waals surface area contributed by atoms with Crippen LogP contribution in [0, 0.1) is 0 Å². The molecule has 11 heteroatoms. The predicted octanol–water partition coefficient (Wildman–Crippen LogP) is 2.60. The molecule has 0 spiro atoms. The second-order valence-corrected chi connectivity index (χ2v) is 9.07. The minimum atomic E-state index is -3.82. The van der Waals surface area contributed by atoms with E-state index in [1.807, 2.05) is 0 Å². The molecule has 0 aliphatic carbocycles. The highest BCUT2D eigenvalue weighted by atomic mass is 79.9. The van der Waals surface area contributed by atoms with E-state index in [-0.39, 0.29) is 11.7 Å². The molecule has 1 aliphatic rings. The van der Waals surface area contributed by atoms with Gasteiger partial charge in [0.1, 0.15) is 0 Å². The topological polar surface area (TPSA) is 97.3 Å². The lowest BCUT2D eigenvalue weighted by molar-refractivity contribution is -0.121. The highest BCUT2D eigenvalue weighted by molar-refractivity contribution is 9.10. The molecule has 3 rings (SSSR count). The Balaban J connectivity index is 1.61. The van der Waals surface area contributed by atoms with E-state index in [2.05, 4.69) is 26.5 Å². The van der Waals surface area contributed by atoms with Crippen molar-refractivity contribution in [2.75, 3.05) is 20.4 Å². The molecule has 0 bridgehead atoms. The standard InChI is InChI=1S/C17H15BrClN3O5S/c1-22(28(24,25)13-4-2-12(19)3-5-13)9-17(23)21-20-8-11-6-15-16(7-14(11)18)27-10-26-15/h2-8H,9-10H2,1H3,(H,21,23)/b20-8-. The Morgan fingerprint density at radius 1 is 1.29 bits per heavy atom. The number of hydrazone groups is 1. The van der Waals surface area contributed by atoms with Crippen LogP contribution in [0.3, 0.4) is 0 Å². The number of likely N-dealkylation sites (N-methyl/N-ethyl adjacent to an activating group) is 1. The van der Waals surface area contributed by atoms with Crippen LogP contribution in [0.25, 0.3) is 0 Å². The third-order valence-corrected chi connectivity index (χ3v) is 6.53. The summed E-state index contributed by atoms with van der Waals surface area (Å²) >= 11 is 9.15. The Kier molecular flexibility index (Phi) is 6.23. The lowest BCUT2D eigenvalue weighted by atomic mass is 10.2. The quantitative estimate of drug-likeness (QED) is 0.498. The van der Waals surface area contributed by atoms with Crippen LogP contribution in [-0.2, 0) is 14.8 Å². The molecule has 1 heterocycles. The molecule has 8 nitrogen and oxygen atoms in total. The third kappa shape index (κ3) is 4.64. The summed E-state index contributed by atoms with van der Waals surface area (Å²) in [7, 11) is -2.51. The summed E-state index contributed by atoms with van der Waals surface area (Å²) in [5.74, 6) is 0.597. The molecule has 1 amide bonds. The number of amides is 1. The summed E-state index contributed by atoms with van der Waals surface area (Å²) in [6, 6.07) is 9.13. The number of fused-ring (bicyclic) bond motifs is 1. The Morgan fingerprint density at radius 2 is 1.93 bits per heavy atom. The SMILES string of the molecule is CN(CC(=O)N/N=C\c1cc2c(cc1Br)OCO2)S(=O)(=O)c1ccc(Cl)cc1. The zero-order valence-corrected chi connectivity index (χ0v) is 17.7. The smallest absolute Gasteiger partial charge is 0.255 e. The van der Waals surface area contributed by atoms with Crippen molar-refractivity contribution >= 4 is 49.7 Å². The maximum atomic E-state index is 12.5. The van der Waals surface area contributed by atoms with Crippen molar-refractivity contribution in [1.82, 2.24) is 9.73 Å². The van der Waals surface area contributed by atoms with E-state index in [4.69, 9.17) is 21.1 Å². The number of hydrogen-bond acceptors (Lipinski definition) is 6. The van der Waals surface area contributed by atoms with Gasteiger partial charge >= 0.3 is 0 Å². The Hall–Kier alpha value is -2.14. The maximum absolute atomic E-state index is 12.5. The van der Waals surface area contributed by atoms with Gasteiger partial charge in [-0.25, -0.2) is 13.8 Å². The number of carbonyl (C=O) groups is 1. The van der Waals surface area contributed by atoms with Crippen LogP contribution < -0.4 is 14.9 Å². The Bertz CT molecular complexity index is 1030. The third-order valence-electron chi connectivity index (χ3n) is 3.77. The van der Waals surface area contributed by atoms with Gasteiger partial charge in [-0.05, 0) is 52.3 Å². The zero-order valence-electron chi connectivity index (χ0n) is 14.6. The van der Waals surface area contributed by atoms with Crippen LogP contribution in [0.5, 0.6) is 11.5 Å². The van der Waals surface area contributed by atoms with Gasteiger partial charge < -0.3 is 9.47 Å². The molecule has 0 unspecified atom stereocenters. The van der Waals surface area contributed by atoms with Crippen molar-refractivity contribution in [3.63, 3.8) is 0 Å². The molecule has 0 atom stereocenters. The molecule has 28 heavy (non-hydrogen) atoms. The van der Waals surface area contributed by atoms with Gasteiger partial charge in [0.15, 0.2) is 11.5 Å². The number of carbonyl (C=O) groups excluding carboxylic acids is 1. The summed E-state index contributed by atoms with van der Waals surface area (Å²) in [5.41, 5.74) is 2.96. The second kappa shape index (κ2) is 8.48. The summed E-state index contributed by atoms with van der Waals surface area (Å²) < 4.78 is 37.1. The van der Waals surface area contributed by atoms with Crippen molar-refractivity contribution < 1.29 is 22.7 Å². The summed E-state index contributed by atoms with van der Waals surface area (Å²) in [4.78, 5) is 12.1. The number of halogens is 2. The fraction of sp³-hybridized carbons (Fsp3) is 0.176. The van der Waals surface area contributed by atoms with Crippen molar-refractivity contribution in [3.8, 4) is 11.5 Å². The number of ether oxygens (including phenoxy) is 2. The molecule has 1 aliphatic heterocycles. The van der Waals surface area contributed by atoms with Crippen LogP contribution in [-0.4, -0.2) is 45.2 Å². The predicted molar refractivity (Wildman–Crippen MR) is 107 cm³/mol. The Morgan fingerprint density at radius 3 is 2.61 bits per heavy atom. The first kappa shape index (κ1) is 20.6. The van der Waals surface area contributed by atoms with Gasteiger partial charge in [0, 0.05) is 22.1 Å². The lowest BCUT2D eigenvalue weighted by Crippen LogP contribution is -2.36. The van der Waals surface area contributed by atoms with Crippen LogP contribution in [0.1, 0.15) is 5.56 Å². The maximum Gasteiger partial charge on any atom is 0.255 e. The average Bonchev–Trinajstić information content (AvgIpc) is 3.09. The molecular formula is C17H15BrClN3O5S. The second-order valence-electron chi connectivity index (χ2n) is 5.74. The van der Waals surface area contributed by atoms with Gasteiger partial charge in [-0.15, -0.1) is 0 Å². The van der Waals surface area contributed by atoms with E-state index in [1.54, 1.807) is 12.1 Å². The van der Waals surface area contributed by atoms with Crippen molar-refractivity contribution in [2.45, 2.75) is 4.90 Å². The molecule has 0 saturated carbocycles. The first-order valence-corrected chi connectivity index (χ1v) is 10.5. The normalized spacial score (nSPS) is 13.3. The van der Waals surface area contributed by atoms with Crippen LogP contribution in [0.2, 0.25) is 5.02 Å². The van der Waals surface area contributed by atoms with Crippen molar-refractivity contribution in [3.05, 3.63) is 51.5 Å². The van der Waals surface area contributed by atoms with Crippen molar-refractivity contribution in [1.29, 1.82) is 0 Å². The fourth-order valence-electron chi connectivity index (χ4n) is 2.31. The summed E-state index contributed by atoms with van der Waals surface area (Å²) in [5, 5.41) is 4.28. The minimum absolute atomic E-state index is 0.0417. The summed E-state index contributed by atoms with van der Waals surface area (Å²) in [6.45, 7) is -0.252. The molecule has 148 valence electrons. The molecular weight excluding hydrogens is 474 g/mol. The number of rotatable bonds is 6. The first-order chi connectivity index (χ1) is 13.3. The van der Waals surface area contributed by atoms with E-state index < -0.39 is 22.5 Å². The van der Waals surface area contributed by atoms with Gasteiger partial charge in [0.25, 0.3) is 5.91 Å². The molecule has 0 fully saturated rings. The van der Waals surface area contributed by atoms with Gasteiger partial charge in [-0.2, -0.15) is 9.41 Å². The molecule has 1 N–H and O–H groups in total. The van der Waals surface area contributed by atoms with Gasteiger partial charge in [-0.3, -0.25) is 4.79 Å².